The lowest BCUT2D eigenvalue weighted by atomic mass is 10.1. The van der Waals surface area contributed by atoms with Crippen molar-refractivity contribution in [2.75, 3.05) is 31.6 Å². The lowest BCUT2D eigenvalue weighted by Gasteiger charge is -2.37. The molecular formula is C24H23N5O2S. The minimum absolute atomic E-state index is 0.138. The zero-order valence-electron chi connectivity index (χ0n) is 17.9. The Morgan fingerprint density at radius 3 is 2.78 bits per heavy atom. The van der Waals surface area contributed by atoms with Crippen LogP contribution in [0.3, 0.4) is 0 Å². The molecule has 0 fully saturated rings. The third kappa shape index (κ3) is 3.78. The normalized spacial score (nSPS) is 15.3. The number of hydrogen-bond acceptors (Lipinski definition) is 7. The van der Waals surface area contributed by atoms with E-state index in [0.717, 1.165) is 34.7 Å². The number of amides is 1. The molecule has 0 unspecified atom stereocenters. The quantitative estimate of drug-likeness (QED) is 0.460. The number of ether oxygens (including phenoxy) is 1. The highest BCUT2D eigenvalue weighted by molar-refractivity contribution is 7.21. The second-order valence-electron chi connectivity index (χ2n) is 7.67. The Morgan fingerprint density at radius 1 is 1.16 bits per heavy atom. The molecule has 3 heterocycles. The van der Waals surface area contributed by atoms with E-state index in [1.807, 2.05) is 42.5 Å². The Kier molecular flexibility index (Phi) is 5.45. The van der Waals surface area contributed by atoms with Crippen molar-refractivity contribution >= 4 is 33.1 Å². The van der Waals surface area contributed by atoms with Gasteiger partial charge in [-0.25, -0.2) is 15.0 Å². The number of carbonyl (C=O) groups excluding carboxylic acids is 1. The molecule has 0 N–H and O–H groups in total. The number of anilines is 1. The first-order chi connectivity index (χ1) is 15.6. The van der Waals surface area contributed by atoms with Crippen molar-refractivity contribution < 1.29 is 9.53 Å². The molecule has 1 aliphatic heterocycles. The van der Waals surface area contributed by atoms with E-state index in [9.17, 15) is 4.79 Å². The topological polar surface area (TPSA) is 71.5 Å². The van der Waals surface area contributed by atoms with Crippen molar-refractivity contribution in [3.05, 3.63) is 66.6 Å². The third-order valence-corrected chi connectivity index (χ3v) is 6.57. The molecule has 32 heavy (non-hydrogen) atoms. The molecule has 1 amide bonds. The van der Waals surface area contributed by atoms with E-state index in [-0.39, 0.29) is 12.0 Å². The Labute approximate surface area is 190 Å². The smallest absolute Gasteiger partial charge is 0.274 e. The van der Waals surface area contributed by atoms with Gasteiger partial charge < -0.3 is 14.5 Å². The first kappa shape index (κ1) is 20.4. The second-order valence-corrected chi connectivity index (χ2v) is 8.70. The maximum absolute atomic E-state index is 13.4. The van der Waals surface area contributed by atoms with Gasteiger partial charge in [-0.15, -0.1) is 11.3 Å². The monoisotopic (exact) mass is 445 g/mol. The SMILES string of the molecule is CCN1C[C@@H](CN(C)C(=O)c2nccnc2-c2nc3ccccc3s2)Oc2ccccc21. The van der Waals surface area contributed by atoms with Crippen LogP contribution in [0.5, 0.6) is 5.75 Å². The summed E-state index contributed by atoms with van der Waals surface area (Å²) in [5.74, 6) is 0.652. The Balaban J connectivity index is 1.38. The standard InChI is InChI=1S/C24H23N5O2S/c1-3-29-15-16(31-19-10-6-5-9-18(19)29)14-28(2)24(30)22-21(25-12-13-26-22)23-27-17-8-4-7-11-20(17)32-23/h4-13,16H,3,14-15H2,1-2H3/t16-/m1/s1. The van der Waals surface area contributed by atoms with Gasteiger partial charge in [-0.2, -0.15) is 0 Å². The number of para-hydroxylation sites is 3. The van der Waals surface area contributed by atoms with E-state index in [1.54, 1.807) is 24.3 Å². The van der Waals surface area contributed by atoms with Crippen LogP contribution in [-0.4, -0.2) is 58.5 Å². The highest BCUT2D eigenvalue weighted by atomic mass is 32.1. The van der Waals surface area contributed by atoms with Gasteiger partial charge in [0.25, 0.3) is 5.91 Å². The van der Waals surface area contributed by atoms with Crippen molar-refractivity contribution in [2.24, 2.45) is 0 Å². The van der Waals surface area contributed by atoms with Gasteiger partial charge in [-0.05, 0) is 31.2 Å². The molecule has 8 heteroatoms. The van der Waals surface area contributed by atoms with Gasteiger partial charge in [0.05, 0.1) is 29.0 Å². The number of likely N-dealkylation sites (N-methyl/N-ethyl adjacent to an activating group) is 2. The highest BCUT2D eigenvalue weighted by Gasteiger charge is 2.28. The fraction of sp³-hybridized carbons (Fsp3) is 0.250. The molecule has 162 valence electrons. The molecule has 2 aromatic carbocycles. The maximum Gasteiger partial charge on any atom is 0.274 e. The van der Waals surface area contributed by atoms with E-state index in [0.29, 0.717) is 22.9 Å². The lowest BCUT2D eigenvalue weighted by Crippen LogP contribution is -2.47. The van der Waals surface area contributed by atoms with E-state index in [4.69, 9.17) is 4.74 Å². The minimum atomic E-state index is -0.196. The van der Waals surface area contributed by atoms with Gasteiger partial charge in [0, 0.05) is 26.0 Å². The van der Waals surface area contributed by atoms with Crippen molar-refractivity contribution in [3.8, 4) is 16.5 Å². The van der Waals surface area contributed by atoms with Crippen LogP contribution >= 0.6 is 11.3 Å². The zero-order chi connectivity index (χ0) is 22.1. The molecule has 7 nitrogen and oxygen atoms in total. The number of fused-ring (bicyclic) bond motifs is 2. The van der Waals surface area contributed by atoms with Crippen LogP contribution in [0.4, 0.5) is 5.69 Å². The number of nitrogens with zero attached hydrogens (tertiary/aromatic N) is 5. The van der Waals surface area contributed by atoms with Gasteiger partial charge in [0.2, 0.25) is 0 Å². The first-order valence-corrected chi connectivity index (χ1v) is 11.4. The zero-order valence-corrected chi connectivity index (χ0v) is 18.7. The van der Waals surface area contributed by atoms with E-state index < -0.39 is 0 Å². The average Bonchev–Trinajstić information content (AvgIpc) is 3.27. The summed E-state index contributed by atoms with van der Waals surface area (Å²) in [5, 5.41) is 0.691. The van der Waals surface area contributed by atoms with Gasteiger partial charge in [-0.3, -0.25) is 4.79 Å². The van der Waals surface area contributed by atoms with Crippen LogP contribution in [0.15, 0.2) is 60.9 Å². The average molecular weight is 446 g/mol. The Hall–Kier alpha value is -3.52. The second kappa shape index (κ2) is 8.55. The van der Waals surface area contributed by atoms with Crippen LogP contribution in [-0.2, 0) is 0 Å². The number of carbonyl (C=O) groups is 1. The van der Waals surface area contributed by atoms with Crippen molar-refractivity contribution in [1.29, 1.82) is 0 Å². The summed E-state index contributed by atoms with van der Waals surface area (Å²) in [6.45, 7) is 4.16. The third-order valence-electron chi connectivity index (χ3n) is 5.53. The highest BCUT2D eigenvalue weighted by Crippen LogP contribution is 2.33. The van der Waals surface area contributed by atoms with Crippen LogP contribution in [0, 0.1) is 0 Å². The van der Waals surface area contributed by atoms with Crippen LogP contribution in [0.2, 0.25) is 0 Å². The van der Waals surface area contributed by atoms with Gasteiger partial charge >= 0.3 is 0 Å². The van der Waals surface area contributed by atoms with E-state index in [2.05, 4.69) is 32.8 Å². The van der Waals surface area contributed by atoms with Crippen molar-refractivity contribution in [1.82, 2.24) is 19.9 Å². The van der Waals surface area contributed by atoms with Gasteiger partial charge in [0.1, 0.15) is 22.6 Å². The molecular weight excluding hydrogens is 422 g/mol. The van der Waals surface area contributed by atoms with Crippen molar-refractivity contribution in [2.45, 2.75) is 13.0 Å². The van der Waals surface area contributed by atoms with Crippen LogP contribution < -0.4 is 9.64 Å². The number of rotatable bonds is 5. The predicted octanol–water partition coefficient (Wildman–Crippen LogP) is 4.11. The lowest BCUT2D eigenvalue weighted by molar-refractivity contribution is 0.0704. The van der Waals surface area contributed by atoms with Crippen LogP contribution in [0.1, 0.15) is 17.4 Å². The summed E-state index contributed by atoms with van der Waals surface area (Å²) in [5.41, 5.74) is 2.79. The molecule has 0 aliphatic carbocycles. The molecule has 4 aromatic rings. The molecule has 0 radical (unpaired) electrons. The summed E-state index contributed by atoms with van der Waals surface area (Å²) in [4.78, 5) is 30.8. The van der Waals surface area contributed by atoms with Gasteiger partial charge in [0.15, 0.2) is 5.69 Å². The summed E-state index contributed by atoms with van der Waals surface area (Å²) in [7, 11) is 1.78. The largest absolute Gasteiger partial charge is 0.485 e. The molecule has 0 saturated heterocycles. The molecule has 2 aromatic heterocycles. The molecule has 5 rings (SSSR count). The summed E-state index contributed by atoms with van der Waals surface area (Å²) < 4.78 is 7.24. The van der Waals surface area contributed by atoms with E-state index in [1.165, 1.54) is 11.3 Å². The number of benzene rings is 2. The summed E-state index contributed by atoms with van der Waals surface area (Å²) in [6, 6.07) is 15.9. The fourth-order valence-electron chi connectivity index (χ4n) is 3.97. The molecule has 0 spiro atoms. The molecule has 0 saturated carbocycles. The van der Waals surface area contributed by atoms with Crippen molar-refractivity contribution in [3.63, 3.8) is 0 Å². The minimum Gasteiger partial charge on any atom is -0.485 e. The number of hydrogen-bond donors (Lipinski definition) is 0. The fourth-order valence-corrected chi connectivity index (χ4v) is 4.93. The molecule has 1 aliphatic rings. The van der Waals surface area contributed by atoms with E-state index >= 15 is 0 Å². The summed E-state index contributed by atoms with van der Waals surface area (Å²) in [6.07, 6.45) is 3.00. The molecule has 1 atom stereocenters. The van der Waals surface area contributed by atoms with Gasteiger partial charge in [-0.1, -0.05) is 24.3 Å². The Bertz CT molecular complexity index is 1240. The number of aromatic nitrogens is 3. The molecule has 0 bridgehead atoms. The Morgan fingerprint density at radius 2 is 1.94 bits per heavy atom. The maximum atomic E-state index is 13.4. The number of thiazole rings is 1. The predicted molar refractivity (Wildman–Crippen MR) is 126 cm³/mol. The van der Waals surface area contributed by atoms with Crippen LogP contribution in [0.25, 0.3) is 20.9 Å². The first-order valence-electron chi connectivity index (χ1n) is 10.6. The summed E-state index contributed by atoms with van der Waals surface area (Å²) >= 11 is 1.51.